The lowest BCUT2D eigenvalue weighted by Gasteiger charge is -2.41. The van der Waals surface area contributed by atoms with Gasteiger partial charge in [-0.3, -0.25) is 14.4 Å². The van der Waals surface area contributed by atoms with Gasteiger partial charge in [-0.05, 0) is 49.9 Å². The molecule has 30 heavy (non-hydrogen) atoms. The molecule has 164 valence electrons. The Hall–Kier alpha value is -1.89. The van der Waals surface area contributed by atoms with Gasteiger partial charge in [-0.1, -0.05) is 54.5 Å². The van der Waals surface area contributed by atoms with Gasteiger partial charge in [-0.15, -0.1) is 0 Å². The van der Waals surface area contributed by atoms with Gasteiger partial charge in [0.05, 0.1) is 0 Å². The molecule has 1 N–H and O–H groups in total. The van der Waals surface area contributed by atoms with Crippen molar-refractivity contribution in [2.45, 2.75) is 76.3 Å². The number of benzene rings is 1. The van der Waals surface area contributed by atoms with Crippen LogP contribution in [0.25, 0.3) is 0 Å². The fourth-order valence-corrected chi connectivity index (χ4v) is 4.81. The van der Waals surface area contributed by atoms with E-state index in [1.54, 1.807) is 24.3 Å². The Bertz CT molecular complexity index is 707. The molecule has 2 fully saturated rings. The Balaban J connectivity index is 1.49. The molecular formula is C23H31BrN2O4. The lowest BCUT2D eigenvalue weighted by atomic mass is 9.88. The van der Waals surface area contributed by atoms with Crippen LogP contribution in [0.3, 0.4) is 0 Å². The van der Waals surface area contributed by atoms with Gasteiger partial charge in [-0.25, -0.2) is 0 Å². The number of halogens is 1. The molecule has 0 atom stereocenters. The number of nitrogens with zero attached hydrogens (tertiary/aromatic N) is 1. The van der Waals surface area contributed by atoms with E-state index in [1.165, 1.54) is 12.8 Å². The second kappa shape index (κ2) is 11.5. The first-order valence-electron chi connectivity index (χ1n) is 11.0. The van der Waals surface area contributed by atoms with Crippen LogP contribution in [-0.2, 0) is 14.3 Å². The molecule has 0 unspecified atom stereocenters. The summed E-state index contributed by atoms with van der Waals surface area (Å²) in [6, 6.07) is 7.39. The molecule has 0 aromatic heterocycles. The molecule has 0 bridgehead atoms. The Morgan fingerprint density at radius 3 is 1.97 bits per heavy atom. The van der Waals surface area contributed by atoms with Gasteiger partial charge in [0, 0.05) is 22.1 Å². The number of hydrogen-bond acceptors (Lipinski definition) is 4. The summed E-state index contributed by atoms with van der Waals surface area (Å²) in [7, 11) is 0. The van der Waals surface area contributed by atoms with Crippen molar-refractivity contribution < 1.29 is 19.1 Å². The first-order chi connectivity index (χ1) is 14.5. The van der Waals surface area contributed by atoms with Crippen molar-refractivity contribution in [3.8, 4) is 0 Å². The van der Waals surface area contributed by atoms with Crippen LogP contribution in [0.1, 0.15) is 74.6 Å². The van der Waals surface area contributed by atoms with Gasteiger partial charge in [0.1, 0.15) is 6.54 Å². The lowest BCUT2D eigenvalue weighted by molar-refractivity contribution is -0.154. The third-order valence-corrected chi connectivity index (χ3v) is 6.61. The molecule has 1 aromatic rings. The average Bonchev–Trinajstić information content (AvgIpc) is 2.78. The Labute approximate surface area is 186 Å². The van der Waals surface area contributed by atoms with Gasteiger partial charge in [0.25, 0.3) is 11.8 Å². The van der Waals surface area contributed by atoms with Crippen molar-refractivity contribution in [1.82, 2.24) is 10.2 Å². The number of nitrogens with one attached hydrogen (secondary N) is 1. The first-order valence-corrected chi connectivity index (χ1v) is 11.8. The molecule has 0 saturated heterocycles. The molecule has 0 aliphatic heterocycles. The maximum absolute atomic E-state index is 13.0. The Morgan fingerprint density at radius 1 is 0.900 bits per heavy atom. The zero-order valence-electron chi connectivity index (χ0n) is 17.4. The summed E-state index contributed by atoms with van der Waals surface area (Å²) in [5.41, 5.74) is 0.461. The van der Waals surface area contributed by atoms with Crippen molar-refractivity contribution in [3.63, 3.8) is 0 Å². The summed E-state index contributed by atoms with van der Waals surface area (Å²) in [4.78, 5) is 39.2. The molecule has 0 heterocycles. The molecule has 2 aliphatic rings. The summed E-state index contributed by atoms with van der Waals surface area (Å²) >= 11 is 3.32. The number of rotatable bonds is 7. The SMILES string of the molecule is O=C(CNC(=O)c1ccc(Br)cc1)OCC(=O)N(C1CCCCC1)C1CCCCC1. The number of amides is 2. The monoisotopic (exact) mass is 478 g/mol. The van der Waals surface area contributed by atoms with Crippen LogP contribution in [0.4, 0.5) is 0 Å². The van der Waals surface area contributed by atoms with E-state index in [1.807, 2.05) is 4.90 Å². The maximum Gasteiger partial charge on any atom is 0.325 e. The Kier molecular flexibility index (Phi) is 8.73. The van der Waals surface area contributed by atoms with Crippen molar-refractivity contribution in [3.05, 3.63) is 34.3 Å². The summed E-state index contributed by atoms with van der Waals surface area (Å²) in [5.74, 6) is -1.04. The highest BCUT2D eigenvalue weighted by Crippen LogP contribution is 2.30. The molecule has 6 nitrogen and oxygen atoms in total. The second-order valence-corrected chi connectivity index (χ2v) is 9.15. The largest absolute Gasteiger partial charge is 0.454 e. The van der Waals surface area contributed by atoms with Crippen molar-refractivity contribution >= 4 is 33.7 Å². The van der Waals surface area contributed by atoms with Crippen molar-refractivity contribution in [2.24, 2.45) is 0 Å². The van der Waals surface area contributed by atoms with Crippen LogP contribution in [-0.4, -0.2) is 47.9 Å². The van der Waals surface area contributed by atoms with E-state index in [-0.39, 0.29) is 37.0 Å². The fraction of sp³-hybridized carbons (Fsp3) is 0.609. The highest BCUT2D eigenvalue weighted by atomic mass is 79.9. The molecular weight excluding hydrogens is 448 g/mol. The van der Waals surface area contributed by atoms with Crippen LogP contribution in [0.2, 0.25) is 0 Å². The van der Waals surface area contributed by atoms with Crippen LogP contribution >= 0.6 is 15.9 Å². The van der Waals surface area contributed by atoms with Crippen LogP contribution < -0.4 is 5.32 Å². The number of carbonyl (C=O) groups excluding carboxylic acids is 3. The molecule has 0 radical (unpaired) electrons. The zero-order chi connectivity index (χ0) is 21.3. The Morgan fingerprint density at radius 2 is 1.43 bits per heavy atom. The minimum Gasteiger partial charge on any atom is -0.454 e. The molecule has 7 heteroatoms. The topological polar surface area (TPSA) is 75.7 Å². The van der Waals surface area contributed by atoms with Crippen LogP contribution in [0.5, 0.6) is 0 Å². The van der Waals surface area contributed by atoms with Crippen molar-refractivity contribution in [1.29, 1.82) is 0 Å². The predicted molar refractivity (Wildman–Crippen MR) is 118 cm³/mol. The zero-order valence-corrected chi connectivity index (χ0v) is 19.0. The third kappa shape index (κ3) is 6.56. The minimum atomic E-state index is -0.596. The maximum atomic E-state index is 13.0. The van der Waals surface area contributed by atoms with E-state index in [9.17, 15) is 14.4 Å². The summed E-state index contributed by atoms with van der Waals surface area (Å²) in [6.45, 7) is -0.505. The summed E-state index contributed by atoms with van der Waals surface area (Å²) in [5, 5.41) is 2.54. The van der Waals surface area contributed by atoms with E-state index < -0.39 is 5.97 Å². The van der Waals surface area contributed by atoms with E-state index in [2.05, 4.69) is 21.2 Å². The molecule has 2 saturated carbocycles. The average molecular weight is 479 g/mol. The van der Waals surface area contributed by atoms with Crippen molar-refractivity contribution in [2.75, 3.05) is 13.2 Å². The van der Waals surface area contributed by atoms with Gasteiger partial charge >= 0.3 is 5.97 Å². The van der Waals surface area contributed by atoms with E-state index in [0.29, 0.717) is 5.56 Å². The number of esters is 1. The molecule has 3 rings (SSSR count). The van der Waals surface area contributed by atoms with Crippen LogP contribution in [0.15, 0.2) is 28.7 Å². The molecule has 0 spiro atoms. The third-order valence-electron chi connectivity index (χ3n) is 6.08. The molecule has 2 aliphatic carbocycles. The highest BCUT2D eigenvalue weighted by molar-refractivity contribution is 9.10. The molecule has 1 aromatic carbocycles. The number of carbonyl (C=O) groups is 3. The molecule has 2 amide bonds. The summed E-state index contributed by atoms with van der Waals surface area (Å²) in [6.07, 6.45) is 11.3. The smallest absolute Gasteiger partial charge is 0.325 e. The summed E-state index contributed by atoms with van der Waals surface area (Å²) < 4.78 is 6.09. The fourth-order valence-electron chi connectivity index (χ4n) is 4.55. The van der Waals surface area contributed by atoms with Gasteiger partial charge in [-0.2, -0.15) is 0 Å². The van der Waals surface area contributed by atoms with Gasteiger partial charge < -0.3 is 15.0 Å². The van der Waals surface area contributed by atoms with Gasteiger partial charge in [0.15, 0.2) is 6.61 Å². The predicted octanol–water partition coefficient (Wildman–Crippen LogP) is 4.22. The van der Waals surface area contributed by atoms with Crippen LogP contribution in [0, 0.1) is 0 Å². The van der Waals surface area contributed by atoms with Gasteiger partial charge in [0.2, 0.25) is 0 Å². The quantitative estimate of drug-likeness (QED) is 0.595. The normalized spacial score (nSPS) is 17.9. The van der Waals surface area contributed by atoms with E-state index >= 15 is 0 Å². The second-order valence-electron chi connectivity index (χ2n) is 8.23. The first kappa shape index (κ1) is 22.8. The highest BCUT2D eigenvalue weighted by Gasteiger charge is 2.32. The van der Waals surface area contributed by atoms with E-state index in [4.69, 9.17) is 4.74 Å². The van der Waals surface area contributed by atoms with E-state index in [0.717, 1.165) is 55.8 Å². The lowest BCUT2D eigenvalue weighted by Crippen LogP contribution is -2.50. The standard InChI is InChI=1S/C23H31BrN2O4/c24-18-13-11-17(12-14-18)23(29)25-15-22(28)30-16-21(27)26(19-7-3-1-4-8-19)20-9-5-2-6-10-20/h11-14,19-20H,1-10,15-16H2,(H,25,29). The minimum absolute atomic E-state index is 0.0959. The number of ether oxygens (including phenoxy) is 1. The number of hydrogen-bond donors (Lipinski definition) is 1.